The number of carboxylic acids is 1. The first-order valence-corrected chi connectivity index (χ1v) is 7.00. The molecule has 0 aliphatic heterocycles. The number of nitrogens with one attached hydrogen (secondary N) is 1. The van der Waals surface area contributed by atoms with Gasteiger partial charge in [0.05, 0.1) is 6.61 Å². The number of esters is 1. The average Bonchev–Trinajstić information content (AvgIpc) is 2.22. The maximum absolute atomic E-state index is 11.5. The van der Waals surface area contributed by atoms with Crippen LogP contribution in [0.5, 0.6) is 0 Å². The van der Waals surface area contributed by atoms with Crippen LogP contribution < -0.4 is 10.5 Å². The van der Waals surface area contributed by atoms with E-state index in [0.717, 1.165) is 0 Å². The van der Waals surface area contributed by atoms with Gasteiger partial charge in [-0.3, -0.25) is 14.4 Å². The number of primary amides is 1. The lowest BCUT2D eigenvalue weighted by Gasteiger charge is -2.13. The van der Waals surface area contributed by atoms with Crippen molar-refractivity contribution in [1.29, 1.82) is 0 Å². The second kappa shape index (κ2) is 7.69. The quantitative estimate of drug-likeness (QED) is 0.424. The predicted molar refractivity (Wildman–Crippen MR) is 63.4 cm³/mol. The van der Waals surface area contributed by atoms with Gasteiger partial charge in [0, 0.05) is 6.42 Å². The van der Waals surface area contributed by atoms with Gasteiger partial charge >= 0.3 is 11.9 Å². The summed E-state index contributed by atoms with van der Waals surface area (Å²) in [4.78, 5) is 32.4. The molecule has 0 aromatic rings. The summed E-state index contributed by atoms with van der Waals surface area (Å²) in [7, 11) is -4.15. The summed E-state index contributed by atoms with van der Waals surface area (Å²) < 4.78 is 29.2. The molecule has 4 N–H and O–H groups in total. The zero-order valence-electron chi connectivity index (χ0n) is 10.3. The number of hydrogen-bond donors (Lipinski definition) is 3. The second-order valence-corrected chi connectivity index (χ2v) is 5.33. The van der Waals surface area contributed by atoms with Crippen LogP contribution in [-0.4, -0.2) is 49.8 Å². The van der Waals surface area contributed by atoms with Crippen molar-refractivity contribution in [3.8, 4) is 0 Å². The van der Waals surface area contributed by atoms with E-state index in [1.807, 2.05) is 0 Å². The largest absolute Gasteiger partial charge is 0.480 e. The van der Waals surface area contributed by atoms with E-state index >= 15 is 0 Å². The van der Waals surface area contributed by atoms with Gasteiger partial charge in [-0.05, 0) is 13.3 Å². The third kappa shape index (κ3) is 8.11. The maximum Gasteiger partial charge on any atom is 0.322 e. The Morgan fingerprint density at radius 2 is 1.95 bits per heavy atom. The molecular weight excluding hydrogens is 280 g/mol. The lowest BCUT2D eigenvalue weighted by molar-refractivity contribution is -0.141. The molecule has 10 heteroatoms. The minimum absolute atomic E-state index is 0.0123. The highest BCUT2D eigenvalue weighted by atomic mass is 32.2. The van der Waals surface area contributed by atoms with Gasteiger partial charge < -0.3 is 15.6 Å². The number of sulfonamides is 1. The summed E-state index contributed by atoms with van der Waals surface area (Å²) >= 11 is 0. The van der Waals surface area contributed by atoms with Gasteiger partial charge in [-0.15, -0.1) is 0 Å². The van der Waals surface area contributed by atoms with Crippen LogP contribution in [0.15, 0.2) is 0 Å². The summed E-state index contributed by atoms with van der Waals surface area (Å²) in [6, 6.07) is -1.52. The molecule has 0 saturated heterocycles. The first-order chi connectivity index (χ1) is 8.68. The Kier molecular flexibility index (Phi) is 7.01. The summed E-state index contributed by atoms with van der Waals surface area (Å²) in [5.41, 5.74) is 4.84. The van der Waals surface area contributed by atoms with E-state index in [2.05, 4.69) is 4.74 Å². The van der Waals surface area contributed by atoms with Crippen molar-refractivity contribution < 1.29 is 32.6 Å². The van der Waals surface area contributed by atoms with Crippen molar-refractivity contribution in [3.63, 3.8) is 0 Å². The number of amides is 1. The molecule has 0 heterocycles. The van der Waals surface area contributed by atoms with Gasteiger partial charge in [0.1, 0.15) is 6.04 Å². The molecule has 0 fully saturated rings. The van der Waals surface area contributed by atoms with Gasteiger partial charge in [-0.1, -0.05) is 0 Å². The Bertz CT molecular complexity index is 445. The summed E-state index contributed by atoms with van der Waals surface area (Å²) in [5, 5.41) is 8.79. The Labute approximate surface area is 110 Å². The molecule has 0 rings (SSSR count). The zero-order valence-corrected chi connectivity index (χ0v) is 11.1. The monoisotopic (exact) mass is 296 g/mol. The number of carbonyl (C=O) groups excluding carboxylic acids is 2. The second-order valence-electron chi connectivity index (χ2n) is 3.58. The van der Waals surface area contributed by atoms with Gasteiger partial charge in [0.2, 0.25) is 15.9 Å². The van der Waals surface area contributed by atoms with Crippen LogP contribution in [0.3, 0.4) is 0 Å². The molecule has 1 amide bonds. The van der Waals surface area contributed by atoms with Gasteiger partial charge in [0.25, 0.3) is 0 Å². The number of aliphatic carboxylic acids is 1. The summed E-state index contributed by atoms with van der Waals surface area (Å²) in [6.45, 7) is 1.52. The highest BCUT2D eigenvalue weighted by Crippen LogP contribution is 2.01. The molecule has 0 spiro atoms. The van der Waals surface area contributed by atoms with Gasteiger partial charge in [0.15, 0.2) is 5.75 Å². The van der Waals surface area contributed by atoms with Crippen molar-refractivity contribution in [1.82, 2.24) is 4.72 Å². The minimum atomic E-state index is -4.15. The minimum Gasteiger partial charge on any atom is -0.480 e. The lowest BCUT2D eigenvalue weighted by atomic mass is 10.2. The molecule has 0 aromatic heterocycles. The van der Waals surface area contributed by atoms with E-state index in [9.17, 15) is 22.8 Å². The number of carboxylic acid groups (broad SMARTS) is 1. The van der Waals surface area contributed by atoms with Crippen LogP contribution in [0.4, 0.5) is 0 Å². The molecular formula is C9H16N2O7S. The first kappa shape index (κ1) is 17.3. The van der Waals surface area contributed by atoms with Crippen LogP contribution >= 0.6 is 0 Å². The highest BCUT2D eigenvalue weighted by molar-refractivity contribution is 7.90. The third-order valence-corrected chi connectivity index (χ3v) is 3.17. The number of ether oxygens (including phenoxy) is 1. The number of nitrogens with two attached hydrogens (primary N) is 1. The number of rotatable bonds is 9. The van der Waals surface area contributed by atoms with Gasteiger partial charge in [-0.25, -0.2) is 13.1 Å². The number of hydrogen-bond acceptors (Lipinski definition) is 6. The first-order valence-electron chi connectivity index (χ1n) is 5.34. The van der Waals surface area contributed by atoms with Crippen LogP contribution in [0.2, 0.25) is 0 Å². The Balaban J connectivity index is 4.60. The fourth-order valence-electron chi connectivity index (χ4n) is 1.14. The van der Waals surface area contributed by atoms with Crippen molar-refractivity contribution in [2.24, 2.45) is 5.73 Å². The van der Waals surface area contributed by atoms with Crippen molar-refractivity contribution in [2.75, 3.05) is 12.4 Å². The Morgan fingerprint density at radius 3 is 2.37 bits per heavy atom. The summed E-state index contributed by atoms with van der Waals surface area (Å²) in [6.07, 6.45) is -0.592. The molecule has 9 nitrogen and oxygen atoms in total. The SMILES string of the molecule is CCOC(=O)CS(=O)(=O)N[C@H](CCC(N)=O)C(=O)O. The normalized spacial score (nSPS) is 12.7. The molecule has 0 unspecified atom stereocenters. The van der Waals surface area contributed by atoms with Crippen LogP contribution in [0, 0.1) is 0 Å². The number of carbonyl (C=O) groups is 3. The topological polar surface area (TPSA) is 153 Å². The zero-order chi connectivity index (χ0) is 15.1. The Hall–Kier alpha value is -1.68. The van der Waals surface area contributed by atoms with Crippen LogP contribution in [0.1, 0.15) is 19.8 Å². The third-order valence-electron chi connectivity index (χ3n) is 1.91. The predicted octanol–water partition coefficient (Wildman–Crippen LogP) is -1.81. The lowest BCUT2D eigenvalue weighted by Crippen LogP contribution is -2.43. The summed E-state index contributed by atoms with van der Waals surface area (Å²) in [5.74, 6) is -4.19. The van der Waals surface area contributed by atoms with E-state index in [0.29, 0.717) is 0 Å². The fourth-order valence-corrected chi connectivity index (χ4v) is 2.26. The average molecular weight is 296 g/mol. The van der Waals surface area contributed by atoms with Crippen LogP contribution in [0.25, 0.3) is 0 Å². The molecule has 19 heavy (non-hydrogen) atoms. The molecule has 0 radical (unpaired) electrons. The molecule has 0 aromatic carbocycles. The van der Waals surface area contributed by atoms with E-state index in [1.165, 1.54) is 6.92 Å². The Morgan fingerprint density at radius 1 is 1.37 bits per heavy atom. The molecule has 0 aliphatic rings. The molecule has 0 aliphatic carbocycles. The standard InChI is InChI=1S/C9H16N2O7S/c1-2-18-8(13)5-19(16,17)11-6(9(14)15)3-4-7(10)12/h6,11H,2-5H2,1H3,(H2,10,12)(H,14,15)/t6-/m1/s1. The maximum atomic E-state index is 11.5. The van der Waals surface area contributed by atoms with Gasteiger partial charge in [-0.2, -0.15) is 0 Å². The molecule has 0 saturated carbocycles. The highest BCUT2D eigenvalue weighted by Gasteiger charge is 2.26. The smallest absolute Gasteiger partial charge is 0.322 e. The van der Waals surface area contributed by atoms with E-state index in [4.69, 9.17) is 10.8 Å². The fraction of sp³-hybridized carbons (Fsp3) is 0.667. The van der Waals surface area contributed by atoms with E-state index < -0.39 is 39.7 Å². The van der Waals surface area contributed by atoms with Crippen molar-refractivity contribution >= 4 is 27.9 Å². The van der Waals surface area contributed by atoms with Crippen LogP contribution in [-0.2, 0) is 29.1 Å². The van der Waals surface area contributed by atoms with E-state index in [1.54, 1.807) is 4.72 Å². The van der Waals surface area contributed by atoms with Crippen molar-refractivity contribution in [3.05, 3.63) is 0 Å². The molecule has 0 bridgehead atoms. The van der Waals surface area contributed by atoms with Crippen molar-refractivity contribution in [2.45, 2.75) is 25.8 Å². The molecule has 1 atom stereocenters. The molecule has 110 valence electrons. The van der Waals surface area contributed by atoms with E-state index in [-0.39, 0.29) is 19.4 Å².